The van der Waals surface area contributed by atoms with E-state index in [9.17, 15) is 23.5 Å². The second-order valence-corrected chi connectivity index (χ2v) is 9.77. The van der Waals surface area contributed by atoms with Crippen molar-refractivity contribution in [2.75, 3.05) is 13.2 Å². The van der Waals surface area contributed by atoms with Crippen molar-refractivity contribution in [3.8, 4) is 11.5 Å². The van der Waals surface area contributed by atoms with Gasteiger partial charge >= 0.3 is 0 Å². The molecule has 0 aliphatic heterocycles. The zero-order valence-corrected chi connectivity index (χ0v) is 24.0. The number of hydrogen-bond acceptors (Lipinski definition) is 4. The number of rotatable bonds is 15. The molecule has 41 heavy (non-hydrogen) atoms. The van der Waals surface area contributed by atoms with Crippen molar-refractivity contribution in [3.05, 3.63) is 96.6 Å². The lowest BCUT2D eigenvalue weighted by atomic mass is 10.0. The van der Waals surface area contributed by atoms with Gasteiger partial charge in [0.2, 0.25) is 11.8 Å². The smallest absolute Gasteiger partial charge is 0.272 e. The molecule has 0 aromatic heterocycles. The Bertz CT molecular complexity index is 1150. The van der Waals surface area contributed by atoms with Gasteiger partial charge in [-0.15, -0.1) is 0 Å². The minimum atomic E-state index is -2.60. The predicted molar refractivity (Wildman–Crippen MR) is 161 cm³/mol. The van der Waals surface area contributed by atoms with Crippen LogP contribution in [0.2, 0.25) is 0 Å². The molecule has 6 nitrogen and oxygen atoms in total. The zero-order chi connectivity index (χ0) is 30.2. The van der Waals surface area contributed by atoms with Crippen LogP contribution in [0.25, 0.3) is 0 Å². The maximum Gasteiger partial charge on any atom is 0.272 e. The van der Waals surface area contributed by atoms with Gasteiger partial charge in [0.05, 0.1) is 0 Å². The molecule has 0 heterocycles. The van der Waals surface area contributed by atoms with E-state index in [4.69, 9.17) is 4.74 Å². The highest BCUT2D eigenvalue weighted by Gasteiger charge is 2.41. The fraction of sp³-hybridized carbons (Fsp3) is 0.394. The second-order valence-electron chi connectivity index (χ2n) is 9.77. The summed E-state index contributed by atoms with van der Waals surface area (Å²) in [5.74, 6) is -0.123. The summed E-state index contributed by atoms with van der Waals surface area (Å²) in [6, 6.07) is 12.0. The van der Waals surface area contributed by atoms with Crippen molar-refractivity contribution in [3.63, 3.8) is 0 Å². The lowest BCUT2D eigenvalue weighted by Crippen LogP contribution is -2.45. The molecule has 8 heteroatoms. The number of hydrogen-bond donors (Lipinski definition) is 2. The topological polar surface area (TPSA) is 78.9 Å². The second kappa shape index (κ2) is 17.7. The molecule has 224 valence electrons. The maximum absolute atomic E-state index is 13.5. The van der Waals surface area contributed by atoms with Crippen LogP contribution in [0.5, 0.6) is 11.5 Å². The molecule has 2 aromatic rings. The first kappa shape index (κ1) is 33.3. The minimum absolute atomic E-state index is 0. The molecule has 2 amide bonds. The van der Waals surface area contributed by atoms with Crippen LogP contribution >= 0.6 is 0 Å². The van der Waals surface area contributed by atoms with Gasteiger partial charge in [-0.2, -0.15) is 0 Å². The van der Waals surface area contributed by atoms with Gasteiger partial charge < -0.3 is 20.1 Å². The fourth-order valence-electron chi connectivity index (χ4n) is 3.93. The Kier molecular flexibility index (Phi) is 14.4. The Labute approximate surface area is 243 Å². The van der Waals surface area contributed by atoms with Gasteiger partial charge in [0, 0.05) is 20.4 Å². The first-order valence-electron chi connectivity index (χ1n) is 14.1. The van der Waals surface area contributed by atoms with E-state index in [0.717, 1.165) is 24.0 Å². The molecule has 1 aliphatic carbocycles. The monoisotopic (exact) mass is 570 g/mol. The Hall–Kier alpha value is -3.94. The Morgan fingerprint density at radius 2 is 1.73 bits per heavy atom. The Morgan fingerprint density at radius 3 is 2.24 bits per heavy atom. The summed E-state index contributed by atoms with van der Waals surface area (Å²) < 4.78 is 30.1. The molecule has 0 radical (unpaired) electrons. The molecule has 0 bridgehead atoms. The zero-order valence-electron chi connectivity index (χ0n) is 24.0. The number of alkyl halides is 2. The number of amides is 2. The maximum atomic E-state index is 13.5. The lowest BCUT2D eigenvalue weighted by Gasteiger charge is -2.32. The highest BCUT2D eigenvalue weighted by molar-refractivity contribution is 5.89. The van der Waals surface area contributed by atoms with Crippen LogP contribution in [0.1, 0.15) is 64.5 Å². The van der Waals surface area contributed by atoms with Crippen LogP contribution in [-0.2, 0) is 16.0 Å². The third-order valence-corrected chi connectivity index (χ3v) is 6.45. The van der Waals surface area contributed by atoms with Crippen LogP contribution < -0.4 is 10.1 Å². The summed E-state index contributed by atoms with van der Waals surface area (Å²) >= 11 is 0. The van der Waals surface area contributed by atoms with E-state index in [1.165, 1.54) is 25.0 Å². The standard InChI is InChI=1S/C29H32F2N2O4.C4H10.H2/c1-3-5-20(4-2)18-32-29(36)28(22-9-15-25(16-10-22)37-19-26(30)31)33(23-11-12-23)27(35)17-8-21-6-13-24(34)14-7-21;1-3-4-2;/h3-7,9-10,13-16,23,26,28,34H,1-2,8,11-12,17-19H2,(H,32,36);3-4H2,1-2H3;1H/b20-5+;;. The Morgan fingerprint density at radius 1 is 1.10 bits per heavy atom. The first-order chi connectivity index (χ1) is 19.7. The number of phenolic OH excluding ortho intramolecular Hbond substituents is 1. The quantitative estimate of drug-likeness (QED) is 0.223. The van der Waals surface area contributed by atoms with Crippen molar-refractivity contribution < 1.29 is 29.6 Å². The van der Waals surface area contributed by atoms with Crippen LogP contribution in [-0.4, -0.2) is 47.4 Å². The minimum Gasteiger partial charge on any atom is -0.508 e. The Balaban J connectivity index is 0.00000165. The highest BCUT2D eigenvalue weighted by Crippen LogP contribution is 2.36. The van der Waals surface area contributed by atoms with E-state index in [0.29, 0.717) is 12.0 Å². The van der Waals surface area contributed by atoms with Crippen LogP contribution in [0.4, 0.5) is 8.78 Å². The molecule has 1 unspecified atom stereocenters. The summed E-state index contributed by atoms with van der Waals surface area (Å²) in [6.45, 7) is 11.2. The van der Waals surface area contributed by atoms with Gasteiger partial charge in [-0.05, 0) is 60.2 Å². The third kappa shape index (κ3) is 11.6. The molecule has 0 saturated heterocycles. The largest absolute Gasteiger partial charge is 0.508 e. The number of ether oxygens (including phenoxy) is 1. The molecule has 1 aliphatic rings. The number of nitrogens with zero attached hydrogens (tertiary/aromatic N) is 1. The fourth-order valence-corrected chi connectivity index (χ4v) is 3.93. The van der Waals surface area contributed by atoms with Crippen LogP contribution in [0.3, 0.4) is 0 Å². The highest BCUT2D eigenvalue weighted by atomic mass is 19.3. The molecule has 1 saturated carbocycles. The van der Waals surface area contributed by atoms with E-state index in [2.05, 4.69) is 32.3 Å². The van der Waals surface area contributed by atoms with E-state index < -0.39 is 19.1 Å². The summed E-state index contributed by atoms with van der Waals surface area (Å²) in [5, 5.41) is 12.4. The van der Waals surface area contributed by atoms with Crippen molar-refractivity contribution in [1.82, 2.24) is 10.2 Å². The predicted octanol–water partition coefficient (Wildman–Crippen LogP) is 7.17. The number of aromatic hydroxyl groups is 1. The molecule has 0 spiro atoms. The summed E-state index contributed by atoms with van der Waals surface area (Å²) in [4.78, 5) is 28.6. The molecule has 1 fully saturated rings. The lowest BCUT2D eigenvalue weighted by molar-refractivity contribution is -0.141. The molecule has 1 atom stereocenters. The van der Waals surface area contributed by atoms with Gasteiger partial charge in [-0.1, -0.05) is 82.3 Å². The van der Waals surface area contributed by atoms with Crippen molar-refractivity contribution in [2.24, 2.45) is 0 Å². The average Bonchev–Trinajstić information content (AvgIpc) is 3.82. The first-order valence-corrected chi connectivity index (χ1v) is 14.1. The number of unbranched alkanes of at least 4 members (excludes halogenated alkanes) is 1. The molecule has 2 aromatic carbocycles. The normalized spacial score (nSPS) is 13.4. The molecule has 2 N–H and O–H groups in total. The number of nitrogens with one attached hydrogen (secondary N) is 1. The van der Waals surface area contributed by atoms with Gasteiger partial charge in [-0.25, -0.2) is 8.78 Å². The van der Waals surface area contributed by atoms with E-state index >= 15 is 0 Å². The number of halogens is 2. The van der Waals surface area contributed by atoms with Crippen molar-refractivity contribution >= 4 is 11.8 Å². The van der Waals surface area contributed by atoms with Crippen LogP contribution in [0, 0.1) is 0 Å². The molecular formula is C33H44F2N2O4. The SMILES string of the molecule is C=C/C=C(\C=C)CNC(=O)C(c1ccc(OCC(F)F)cc1)N(C(=O)CCc1ccc(O)cc1)C1CC1.CCCC.[HH]. The van der Waals surface area contributed by atoms with Crippen molar-refractivity contribution in [2.45, 2.75) is 70.9 Å². The van der Waals surface area contributed by atoms with E-state index in [-0.39, 0.29) is 43.7 Å². The van der Waals surface area contributed by atoms with Crippen LogP contribution in [0.15, 0.2) is 85.5 Å². The summed E-state index contributed by atoms with van der Waals surface area (Å²) in [7, 11) is 0. The molecular weight excluding hydrogens is 526 g/mol. The average molecular weight is 571 g/mol. The number of phenols is 1. The number of benzene rings is 2. The summed E-state index contributed by atoms with van der Waals surface area (Å²) in [6.07, 6.45) is 7.22. The number of aryl methyl sites for hydroxylation is 1. The van der Waals surface area contributed by atoms with E-state index in [1.54, 1.807) is 59.5 Å². The van der Waals surface area contributed by atoms with Crippen molar-refractivity contribution in [1.29, 1.82) is 0 Å². The molecule has 3 rings (SSSR count). The van der Waals surface area contributed by atoms with Gasteiger partial charge in [0.1, 0.15) is 24.1 Å². The van der Waals surface area contributed by atoms with Gasteiger partial charge in [-0.3, -0.25) is 9.59 Å². The number of allylic oxidation sites excluding steroid dienone is 2. The van der Waals surface area contributed by atoms with E-state index in [1.807, 2.05) is 0 Å². The summed E-state index contributed by atoms with van der Waals surface area (Å²) in [5.41, 5.74) is 2.21. The van der Waals surface area contributed by atoms with Gasteiger partial charge in [0.15, 0.2) is 0 Å². The number of carbonyl (C=O) groups excluding carboxylic acids is 2. The number of carbonyl (C=O) groups is 2. The van der Waals surface area contributed by atoms with Gasteiger partial charge in [0.25, 0.3) is 6.43 Å². The third-order valence-electron chi connectivity index (χ3n) is 6.45.